The van der Waals surface area contributed by atoms with Gasteiger partial charge < -0.3 is 0 Å². The molecule has 2 heterocycles. The summed E-state index contributed by atoms with van der Waals surface area (Å²) in [6.07, 6.45) is 0.895. The van der Waals surface area contributed by atoms with Crippen molar-refractivity contribution in [2.24, 2.45) is 10.2 Å². The van der Waals surface area contributed by atoms with Crippen molar-refractivity contribution in [1.82, 2.24) is 10.0 Å². The molecule has 0 spiro atoms. The Kier molecular flexibility index (Phi) is 7.24. The number of ketones is 1. The van der Waals surface area contributed by atoms with Gasteiger partial charge in [0.15, 0.2) is 25.5 Å². The summed E-state index contributed by atoms with van der Waals surface area (Å²) < 4.78 is 47.2. The van der Waals surface area contributed by atoms with Crippen LogP contribution in [0.25, 0.3) is 0 Å². The molecule has 11 heteroatoms. The Hall–Kier alpha value is -1.49. The Bertz CT molecular complexity index is 786. The van der Waals surface area contributed by atoms with Gasteiger partial charge in [-0.05, 0) is 40.5 Å². The van der Waals surface area contributed by atoms with E-state index in [1.165, 1.54) is 0 Å². The third-order valence-corrected chi connectivity index (χ3v) is 8.09. The standard InChI is InChI=1S/C17H30N4O5S2/c1-13(2)18-20(15-5-7-27(23,24)11-15)9-17(22)10-21(19-14(3)4)16-6-8-28(25,26)12-16/h15-16H,5-12H2,1-4H3/t15-,16+. The van der Waals surface area contributed by atoms with Crippen LogP contribution in [0.15, 0.2) is 10.2 Å². The molecule has 2 atom stereocenters. The minimum atomic E-state index is -3.10. The molecular formula is C17H30N4O5S2. The van der Waals surface area contributed by atoms with E-state index in [1.807, 2.05) is 0 Å². The van der Waals surface area contributed by atoms with Gasteiger partial charge >= 0.3 is 0 Å². The lowest BCUT2D eigenvalue weighted by atomic mass is 10.2. The minimum Gasteiger partial charge on any atom is -0.296 e. The van der Waals surface area contributed by atoms with E-state index in [9.17, 15) is 21.6 Å². The van der Waals surface area contributed by atoms with Crippen LogP contribution in [0.2, 0.25) is 0 Å². The molecule has 0 amide bonds. The van der Waals surface area contributed by atoms with E-state index >= 15 is 0 Å². The van der Waals surface area contributed by atoms with Crippen molar-refractivity contribution in [3.8, 4) is 0 Å². The lowest BCUT2D eigenvalue weighted by Crippen LogP contribution is -2.42. The van der Waals surface area contributed by atoms with Crippen LogP contribution in [-0.2, 0) is 24.5 Å². The average molecular weight is 435 g/mol. The first-order valence-electron chi connectivity index (χ1n) is 9.36. The normalized spacial score (nSPS) is 25.1. The highest BCUT2D eigenvalue weighted by molar-refractivity contribution is 7.91. The van der Waals surface area contributed by atoms with Crippen LogP contribution in [-0.4, -0.2) is 92.2 Å². The van der Waals surface area contributed by atoms with Crippen LogP contribution in [0.4, 0.5) is 0 Å². The molecule has 0 aromatic heterocycles. The number of carbonyl (C=O) groups excluding carboxylic acids is 1. The van der Waals surface area contributed by atoms with E-state index in [0.29, 0.717) is 12.8 Å². The number of rotatable bonds is 8. The minimum absolute atomic E-state index is 0.00609. The van der Waals surface area contributed by atoms with Gasteiger partial charge in [-0.2, -0.15) is 10.2 Å². The SMILES string of the molecule is CC(C)=NN(CC(=O)CN(N=C(C)C)[C@H]1CCS(=O)(=O)C1)[C@@H]1CCS(=O)(=O)C1. The number of hydrogen-bond donors (Lipinski definition) is 0. The highest BCUT2D eigenvalue weighted by atomic mass is 32.2. The molecule has 2 rings (SSSR count). The van der Waals surface area contributed by atoms with Crippen LogP contribution in [0.5, 0.6) is 0 Å². The molecule has 28 heavy (non-hydrogen) atoms. The van der Waals surface area contributed by atoms with Crippen molar-refractivity contribution in [3.05, 3.63) is 0 Å². The fourth-order valence-electron chi connectivity index (χ4n) is 3.44. The van der Waals surface area contributed by atoms with E-state index in [4.69, 9.17) is 0 Å². The molecule has 0 aromatic carbocycles. The molecule has 2 aliphatic heterocycles. The predicted molar refractivity (Wildman–Crippen MR) is 110 cm³/mol. The van der Waals surface area contributed by atoms with Crippen molar-refractivity contribution in [3.63, 3.8) is 0 Å². The number of sulfone groups is 2. The Morgan fingerprint density at radius 2 is 1.14 bits per heavy atom. The van der Waals surface area contributed by atoms with Gasteiger partial charge in [0.25, 0.3) is 0 Å². The van der Waals surface area contributed by atoms with Crippen LogP contribution in [0.1, 0.15) is 40.5 Å². The first-order chi connectivity index (χ1) is 12.9. The maximum Gasteiger partial charge on any atom is 0.174 e. The van der Waals surface area contributed by atoms with E-state index in [2.05, 4.69) is 10.2 Å². The largest absolute Gasteiger partial charge is 0.296 e. The molecule has 0 N–H and O–H groups in total. The van der Waals surface area contributed by atoms with Gasteiger partial charge in [-0.25, -0.2) is 16.8 Å². The topological polar surface area (TPSA) is 117 Å². The number of Topliss-reactive ketones (excluding diaryl/α,β-unsaturated/α-hetero) is 1. The maximum absolute atomic E-state index is 12.7. The van der Waals surface area contributed by atoms with Gasteiger partial charge in [-0.15, -0.1) is 0 Å². The maximum atomic E-state index is 12.7. The second kappa shape index (κ2) is 8.89. The van der Waals surface area contributed by atoms with Gasteiger partial charge in [0, 0.05) is 11.4 Å². The van der Waals surface area contributed by atoms with Gasteiger partial charge in [0.1, 0.15) is 0 Å². The zero-order chi connectivity index (χ0) is 21.1. The van der Waals surface area contributed by atoms with Crippen molar-refractivity contribution < 1.29 is 21.6 Å². The lowest BCUT2D eigenvalue weighted by Gasteiger charge is -2.28. The third kappa shape index (κ3) is 6.84. The second-order valence-electron chi connectivity index (χ2n) is 7.94. The molecule has 0 aliphatic carbocycles. The highest BCUT2D eigenvalue weighted by Crippen LogP contribution is 2.20. The van der Waals surface area contributed by atoms with E-state index in [0.717, 1.165) is 11.4 Å². The van der Waals surface area contributed by atoms with Crippen molar-refractivity contribution in [1.29, 1.82) is 0 Å². The van der Waals surface area contributed by atoms with E-state index in [1.54, 1.807) is 37.7 Å². The van der Waals surface area contributed by atoms with Gasteiger partial charge in [-0.3, -0.25) is 14.8 Å². The fourth-order valence-corrected chi connectivity index (χ4v) is 6.88. The van der Waals surface area contributed by atoms with Gasteiger partial charge in [0.05, 0.1) is 48.2 Å². The van der Waals surface area contributed by atoms with Crippen molar-refractivity contribution >= 4 is 36.9 Å². The zero-order valence-corrected chi connectivity index (χ0v) is 18.6. The first kappa shape index (κ1) is 22.8. The van der Waals surface area contributed by atoms with E-state index < -0.39 is 19.7 Å². The zero-order valence-electron chi connectivity index (χ0n) is 17.0. The molecule has 0 saturated carbocycles. The number of hydrazone groups is 2. The molecule has 2 saturated heterocycles. The molecule has 2 fully saturated rings. The molecular weight excluding hydrogens is 404 g/mol. The smallest absolute Gasteiger partial charge is 0.174 e. The van der Waals surface area contributed by atoms with Crippen molar-refractivity contribution in [2.75, 3.05) is 36.1 Å². The molecule has 2 aliphatic rings. The molecule has 160 valence electrons. The number of carbonyl (C=O) groups is 1. The van der Waals surface area contributed by atoms with Gasteiger partial charge in [-0.1, -0.05) is 0 Å². The molecule has 0 bridgehead atoms. The summed E-state index contributed by atoms with van der Waals surface area (Å²) in [6, 6.07) is -0.638. The summed E-state index contributed by atoms with van der Waals surface area (Å²) in [7, 11) is -6.20. The molecule has 0 radical (unpaired) electrons. The highest BCUT2D eigenvalue weighted by Gasteiger charge is 2.35. The molecule has 0 unspecified atom stereocenters. The van der Waals surface area contributed by atoms with Crippen molar-refractivity contribution in [2.45, 2.75) is 52.6 Å². The number of hydrogen-bond acceptors (Lipinski definition) is 9. The van der Waals surface area contributed by atoms with E-state index in [-0.39, 0.29) is 54.0 Å². The van der Waals surface area contributed by atoms with Crippen LogP contribution in [0, 0.1) is 0 Å². The third-order valence-electron chi connectivity index (χ3n) is 4.59. The van der Waals surface area contributed by atoms with Crippen LogP contribution in [0.3, 0.4) is 0 Å². The first-order valence-corrected chi connectivity index (χ1v) is 13.0. The summed E-state index contributed by atoms with van der Waals surface area (Å²) in [4.78, 5) is 12.7. The summed E-state index contributed by atoms with van der Waals surface area (Å²) in [5.41, 5.74) is 1.47. The van der Waals surface area contributed by atoms with Gasteiger partial charge in [0.2, 0.25) is 0 Å². The number of nitrogens with zero attached hydrogens (tertiary/aromatic N) is 4. The Balaban J connectivity index is 2.10. The monoisotopic (exact) mass is 434 g/mol. The van der Waals surface area contributed by atoms with Crippen LogP contribution < -0.4 is 0 Å². The Morgan fingerprint density at radius 3 is 1.39 bits per heavy atom. The fraction of sp³-hybridized carbons (Fsp3) is 0.824. The summed E-state index contributed by atoms with van der Waals surface area (Å²) >= 11 is 0. The lowest BCUT2D eigenvalue weighted by molar-refractivity contribution is -0.122. The average Bonchev–Trinajstić information content (AvgIpc) is 3.07. The summed E-state index contributed by atoms with van der Waals surface area (Å²) in [5.74, 6) is 0.0170. The Labute approximate surface area is 167 Å². The summed E-state index contributed by atoms with van der Waals surface area (Å²) in [6.45, 7) is 7.12. The quantitative estimate of drug-likeness (QED) is 0.399. The Morgan fingerprint density at radius 1 is 0.786 bits per heavy atom. The predicted octanol–water partition coefficient (Wildman–Crippen LogP) is 0.325. The summed E-state index contributed by atoms with van der Waals surface area (Å²) in [5, 5.41) is 11.9. The molecule has 9 nitrogen and oxygen atoms in total. The molecule has 0 aromatic rings. The second-order valence-corrected chi connectivity index (χ2v) is 12.4. The van der Waals surface area contributed by atoms with Crippen LogP contribution >= 0.6 is 0 Å².